The number of carbonyl (C=O) groups is 1. The summed E-state index contributed by atoms with van der Waals surface area (Å²) in [6.45, 7) is 4.84. The molecule has 5 heteroatoms. The Balaban J connectivity index is 2.38. The maximum absolute atomic E-state index is 12.4. The van der Waals surface area contributed by atoms with Crippen molar-refractivity contribution in [1.29, 1.82) is 0 Å². The number of likely N-dealkylation sites (N-methyl/N-ethyl adjacent to an activating group) is 1. The Labute approximate surface area is 113 Å². The van der Waals surface area contributed by atoms with E-state index in [2.05, 4.69) is 0 Å². The Morgan fingerprint density at radius 3 is 2.68 bits per heavy atom. The summed E-state index contributed by atoms with van der Waals surface area (Å²) in [7, 11) is 3.93. The number of phenolic OH excluding ortho intramolecular Hbond substituents is 1. The highest BCUT2D eigenvalue weighted by Gasteiger charge is 2.40. The molecule has 1 aromatic carbocycles. The lowest BCUT2D eigenvalue weighted by atomic mass is 10.0. The third-order valence-corrected chi connectivity index (χ3v) is 3.13. The summed E-state index contributed by atoms with van der Waals surface area (Å²) in [6, 6.07) is 4.83. The second-order valence-corrected chi connectivity index (χ2v) is 5.52. The molecule has 0 aliphatic carbocycles. The molecule has 1 N–H and O–H groups in total. The number of fused-ring (bicyclic) bond motifs is 1. The van der Waals surface area contributed by atoms with Crippen molar-refractivity contribution in [3.8, 4) is 11.5 Å². The SMILES string of the molecule is CN(C)CCN1C(=O)C(C)(C)Oc2cc(O)ccc21. The molecule has 104 valence electrons. The van der Waals surface area contributed by atoms with Gasteiger partial charge in [0.1, 0.15) is 11.5 Å². The smallest absolute Gasteiger partial charge is 0.270 e. The van der Waals surface area contributed by atoms with Crippen LogP contribution in [0.25, 0.3) is 0 Å². The molecule has 0 bridgehead atoms. The first-order chi connectivity index (χ1) is 8.81. The third kappa shape index (κ3) is 2.66. The van der Waals surface area contributed by atoms with E-state index >= 15 is 0 Å². The standard InChI is InChI=1S/C14H20N2O3/c1-14(2)13(18)16(8-7-15(3)4)11-6-5-10(17)9-12(11)19-14/h5-6,9,17H,7-8H2,1-4H3. The summed E-state index contributed by atoms with van der Waals surface area (Å²) in [5, 5.41) is 9.54. The lowest BCUT2D eigenvalue weighted by Crippen LogP contribution is -2.53. The van der Waals surface area contributed by atoms with E-state index in [-0.39, 0.29) is 11.7 Å². The highest BCUT2D eigenvalue weighted by Crippen LogP contribution is 2.39. The van der Waals surface area contributed by atoms with Crippen molar-refractivity contribution in [1.82, 2.24) is 4.90 Å². The van der Waals surface area contributed by atoms with Crippen molar-refractivity contribution in [2.24, 2.45) is 0 Å². The minimum atomic E-state index is -0.910. The molecule has 19 heavy (non-hydrogen) atoms. The van der Waals surface area contributed by atoms with Gasteiger partial charge in [-0.25, -0.2) is 0 Å². The van der Waals surface area contributed by atoms with Crippen LogP contribution in [0, 0.1) is 0 Å². The predicted molar refractivity (Wildman–Crippen MR) is 73.7 cm³/mol. The summed E-state index contributed by atoms with van der Waals surface area (Å²) >= 11 is 0. The minimum Gasteiger partial charge on any atom is -0.508 e. The van der Waals surface area contributed by atoms with E-state index in [1.807, 2.05) is 19.0 Å². The summed E-state index contributed by atoms with van der Waals surface area (Å²) in [5.41, 5.74) is -0.198. The van der Waals surface area contributed by atoms with Crippen molar-refractivity contribution in [2.75, 3.05) is 32.1 Å². The van der Waals surface area contributed by atoms with Crippen molar-refractivity contribution in [2.45, 2.75) is 19.4 Å². The van der Waals surface area contributed by atoms with Gasteiger partial charge in [0.05, 0.1) is 5.69 Å². The van der Waals surface area contributed by atoms with E-state index < -0.39 is 5.60 Å². The van der Waals surface area contributed by atoms with Crippen LogP contribution in [0.4, 0.5) is 5.69 Å². The van der Waals surface area contributed by atoms with E-state index in [9.17, 15) is 9.90 Å². The van der Waals surface area contributed by atoms with Crippen LogP contribution in [0.5, 0.6) is 11.5 Å². The van der Waals surface area contributed by atoms with Gasteiger partial charge in [0.2, 0.25) is 0 Å². The maximum atomic E-state index is 12.4. The van der Waals surface area contributed by atoms with Crippen LogP contribution in [-0.4, -0.2) is 48.7 Å². The Bertz CT molecular complexity index is 497. The lowest BCUT2D eigenvalue weighted by molar-refractivity contribution is -0.132. The van der Waals surface area contributed by atoms with Crippen molar-refractivity contribution in [3.05, 3.63) is 18.2 Å². The number of anilines is 1. The van der Waals surface area contributed by atoms with Crippen molar-refractivity contribution >= 4 is 11.6 Å². The molecule has 1 aromatic rings. The number of rotatable bonds is 3. The molecule has 0 atom stereocenters. The molecule has 0 unspecified atom stereocenters. The normalized spacial score (nSPS) is 17.3. The zero-order valence-electron chi connectivity index (χ0n) is 11.8. The highest BCUT2D eigenvalue weighted by atomic mass is 16.5. The average molecular weight is 264 g/mol. The van der Waals surface area contributed by atoms with Crippen LogP contribution in [0.2, 0.25) is 0 Å². The van der Waals surface area contributed by atoms with Gasteiger partial charge < -0.3 is 19.6 Å². The molecular weight excluding hydrogens is 244 g/mol. The number of aromatic hydroxyl groups is 1. The van der Waals surface area contributed by atoms with E-state index in [1.54, 1.807) is 36.9 Å². The van der Waals surface area contributed by atoms with Gasteiger partial charge in [0, 0.05) is 19.2 Å². The van der Waals surface area contributed by atoms with Gasteiger partial charge >= 0.3 is 0 Å². The molecule has 1 aliphatic rings. The number of ether oxygens (including phenoxy) is 1. The molecule has 2 rings (SSSR count). The monoisotopic (exact) mass is 264 g/mol. The maximum Gasteiger partial charge on any atom is 0.270 e. The van der Waals surface area contributed by atoms with E-state index in [0.717, 1.165) is 6.54 Å². The van der Waals surface area contributed by atoms with Crippen LogP contribution in [0.1, 0.15) is 13.8 Å². The fourth-order valence-electron chi connectivity index (χ4n) is 2.08. The van der Waals surface area contributed by atoms with Gasteiger partial charge in [-0.05, 0) is 40.1 Å². The quantitative estimate of drug-likeness (QED) is 0.898. The number of benzene rings is 1. The number of hydrogen-bond acceptors (Lipinski definition) is 4. The van der Waals surface area contributed by atoms with Crippen molar-refractivity contribution in [3.63, 3.8) is 0 Å². The van der Waals surface area contributed by atoms with Crippen LogP contribution >= 0.6 is 0 Å². The van der Waals surface area contributed by atoms with E-state index in [1.165, 1.54) is 0 Å². The number of amides is 1. The molecule has 1 aliphatic heterocycles. The first kappa shape index (κ1) is 13.7. The van der Waals surface area contributed by atoms with Gasteiger partial charge in [0.15, 0.2) is 5.60 Å². The summed E-state index contributed by atoms with van der Waals surface area (Å²) in [6.07, 6.45) is 0. The predicted octanol–water partition coefficient (Wildman–Crippen LogP) is 1.46. The number of carbonyl (C=O) groups excluding carboxylic acids is 1. The Kier molecular flexibility index (Phi) is 3.41. The van der Waals surface area contributed by atoms with Crippen LogP contribution in [-0.2, 0) is 4.79 Å². The fraction of sp³-hybridized carbons (Fsp3) is 0.500. The Morgan fingerprint density at radius 1 is 1.37 bits per heavy atom. The Morgan fingerprint density at radius 2 is 2.05 bits per heavy atom. The highest BCUT2D eigenvalue weighted by molar-refractivity contribution is 6.02. The average Bonchev–Trinajstić information content (AvgIpc) is 2.29. The molecule has 0 saturated carbocycles. The second kappa shape index (κ2) is 4.74. The molecule has 0 fully saturated rings. The van der Waals surface area contributed by atoms with E-state index in [0.29, 0.717) is 18.0 Å². The summed E-state index contributed by atoms with van der Waals surface area (Å²) in [4.78, 5) is 16.2. The zero-order valence-corrected chi connectivity index (χ0v) is 11.8. The number of nitrogens with zero attached hydrogens (tertiary/aromatic N) is 2. The molecule has 0 radical (unpaired) electrons. The fourth-order valence-corrected chi connectivity index (χ4v) is 2.08. The van der Waals surface area contributed by atoms with Gasteiger partial charge in [-0.2, -0.15) is 0 Å². The second-order valence-electron chi connectivity index (χ2n) is 5.52. The van der Waals surface area contributed by atoms with Gasteiger partial charge in [0.25, 0.3) is 5.91 Å². The van der Waals surface area contributed by atoms with Crippen LogP contribution in [0.3, 0.4) is 0 Å². The van der Waals surface area contributed by atoms with Crippen LogP contribution < -0.4 is 9.64 Å². The number of phenols is 1. The first-order valence-electron chi connectivity index (χ1n) is 6.30. The molecule has 5 nitrogen and oxygen atoms in total. The molecule has 1 amide bonds. The lowest BCUT2D eigenvalue weighted by Gasteiger charge is -2.39. The zero-order chi connectivity index (χ0) is 14.2. The van der Waals surface area contributed by atoms with Crippen LogP contribution in [0.15, 0.2) is 18.2 Å². The van der Waals surface area contributed by atoms with Gasteiger partial charge in [-0.3, -0.25) is 4.79 Å². The Hall–Kier alpha value is -1.75. The summed E-state index contributed by atoms with van der Waals surface area (Å²) in [5.74, 6) is 0.618. The largest absolute Gasteiger partial charge is 0.508 e. The molecule has 1 heterocycles. The third-order valence-electron chi connectivity index (χ3n) is 3.13. The first-order valence-corrected chi connectivity index (χ1v) is 6.30. The number of hydrogen-bond donors (Lipinski definition) is 1. The summed E-state index contributed by atoms with van der Waals surface area (Å²) < 4.78 is 5.68. The molecular formula is C14H20N2O3. The van der Waals surface area contributed by atoms with E-state index in [4.69, 9.17) is 4.74 Å². The minimum absolute atomic E-state index is 0.0625. The van der Waals surface area contributed by atoms with Crippen molar-refractivity contribution < 1.29 is 14.6 Å². The van der Waals surface area contributed by atoms with Gasteiger partial charge in [-0.15, -0.1) is 0 Å². The topological polar surface area (TPSA) is 53.0 Å². The molecule has 0 aromatic heterocycles. The van der Waals surface area contributed by atoms with Gasteiger partial charge in [-0.1, -0.05) is 0 Å². The molecule has 0 spiro atoms. The molecule has 0 saturated heterocycles.